The zero-order valence-corrected chi connectivity index (χ0v) is 15.7. The third-order valence-electron chi connectivity index (χ3n) is 3.06. The highest BCUT2D eigenvalue weighted by molar-refractivity contribution is 7.80. The fourth-order valence-electron chi connectivity index (χ4n) is 1.96. The molecular formula is C16H34O6S. The van der Waals surface area contributed by atoms with E-state index in [0.29, 0.717) is 13.0 Å². The lowest BCUT2D eigenvalue weighted by molar-refractivity contribution is -0.143. The van der Waals surface area contributed by atoms with Crippen molar-refractivity contribution in [3.63, 3.8) is 0 Å². The van der Waals surface area contributed by atoms with Gasteiger partial charge in [0.05, 0.1) is 13.2 Å². The molecule has 0 bridgehead atoms. The van der Waals surface area contributed by atoms with Gasteiger partial charge < -0.3 is 4.74 Å². The van der Waals surface area contributed by atoms with E-state index in [-0.39, 0.29) is 12.6 Å². The van der Waals surface area contributed by atoms with Crippen LogP contribution < -0.4 is 0 Å². The van der Waals surface area contributed by atoms with Crippen LogP contribution in [0.1, 0.15) is 85.0 Å². The quantitative estimate of drug-likeness (QED) is 0.301. The summed E-state index contributed by atoms with van der Waals surface area (Å²) in [5.41, 5.74) is 0. The first kappa shape index (κ1) is 24.6. The van der Waals surface area contributed by atoms with Crippen LogP contribution in [0.2, 0.25) is 0 Å². The zero-order valence-electron chi connectivity index (χ0n) is 14.9. The maximum Gasteiger partial charge on any atom is 0.397 e. The molecule has 0 unspecified atom stereocenters. The number of hydrogen-bond acceptors (Lipinski definition) is 5. The van der Waals surface area contributed by atoms with E-state index >= 15 is 0 Å². The van der Waals surface area contributed by atoms with Gasteiger partial charge in [-0.2, -0.15) is 8.42 Å². The molecule has 0 aromatic rings. The second kappa shape index (κ2) is 17.7. The third-order valence-corrected chi connectivity index (χ3v) is 3.59. The molecule has 23 heavy (non-hydrogen) atoms. The molecule has 6 nitrogen and oxygen atoms in total. The normalized spacial score (nSPS) is 10.8. The number of hydrogen-bond donors (Lipinski definition) is 1. The predicted octanol–water partition coefficient (Wildman–Crippen LogP) is 4.30. The summed E-state index contributed by atoms with van der Waals surface area (Å²) in [5.74, 6) is -0.0366. The number of carbonyl (C=O) groups is 1. The van der Waals surface area contributed by atoms with Crippen LogP contribution in [0, 0.1) is 0 Å². The Labute approximate surface area is 141 Å². The number of unbranched alkanes of at least 4 members (excludes halogenated alkanes) is 8. The van der Waals surface area contributed by atoms with Crippen molar-refractivity contribution in [1.82, 2.24) is 0 Å². The first-order valence-electron chi connectivity index (χ1n) is 8.64. The molecule has 0 radical (unpaired) electrons. The lowest BCUT2D eigenvalue weighted by Crippen LogP contribution is -2.03. The van der Waals surface area contributed by atoms with Gasteiger partial charge in [-0.25, -0.2) is 4.18 Å². The van der Waals surface area contributed by atoms with E-state index in [0.717, 1.165) is 6.42 Å². The summed E-state index contributed by atoms with van der Waals surface area (Å²) in [6.07, 6.45) is 12.2. The molecule has 0 aliphatic heterocycles. The SMILES string of the molecule is CCCCCCCCCCCC(=O)OCC.CCOS(=O)(=O)O. The van der Waals surface area contributed by atoms with Crippen molar-refractivity contribution in [3.05, 3.63) is 0 Å². The Bertz CT molecular complexity index is 354. The molecule has 0 heterocycles. The van der Waals surface area contributed by atoms with Gasteiger partial charge >= 0.3 is 16.4 Å². The molecule has 0 saturated carbocycles. The average Bonchev–Trinajstić information content (AvgIpc) is 2.45. The zero-order chi connectivity index (χ0) is 18.0. The second-order valence-corrected chi connectivity index (χ2v) is 6.31. The Morgan fingerprint density at radius 3 is 1.65 bits per heavy atom. The largest absolute Gasteiger partial charge is 0.466 e. The molecule has 7 heteroatoms. The van der Waals surface area contributed by atoms with Crippen molar-refractivity contribution in [1.29, 1.82) is 0 Å². The van der Waals surface area contributed by atoms with E-state index in [9.17, 15) is 13.2 Å². The summed E-state index contributed by atoms with van der Waals surface area (Å²) in [6, 6.07) is 0. The van der Waals surface area contributed by atoms with Gasteiger partial charge in [-0.15, -0.1) is 0 Å². The summed E-state index contributed by atoms with van der Waals surface area (Å²) in [5, 5.41) is 0. The van der Waals surface area contributed by atoms with Gasteiger partial charge in [-0.05, 0) is 20.3 Å². The van der Waals surface area contributed by atoms with E-state index < -0.39 is 10.4 Å². The molecule has 0 aliphatic carbocycles. The average molecular weight is 355 g/mol. The molecule has 0 aliphatic rings. The molecule has 0 amide bonds. The smallest absolute Gasteiger partial charge is 0.397 e. The Balaban J connectivity index is 0. The Hall–Kier alpha value is -0.660. The molecule has 0 atom stereocenters. The van der Waals surface area contributed by atoms with Crippen LogP contribution >= 0.6 is 0 Å². The maximum atomic E-state index is 11.0. The van der Waals surface area contributed by atoms with Crippen LogP contribution in [0.5, 0.6) is 0 Å². The van der Waals surface area contributed by atoms with Crippen molar-refractivity contribution in [2.45, 2.75) is 85.0 Å². The van der Waals surface area contributed by atoms with Crippen LogP contribution in [-0.4, -0.2) is 32.2 Å². The van der Waals surface area contributed by atoms with Crippen LogP contribution in [0.15, 0.2) is 0 Å². The van der Waals surface area contributed by atoms with E-state index in [1.807, 2.05) is 6.92 Å². The van der Waals surface area contributed by atoms with E-state index in [2.05, 4.69) is 11.1 Å². The van der Waals surface area contributed by atoms with Gasteiger partial charge in [0.25, 0.3) is 0 Å². The van der Waals surface area contributed by atoms with E-state index in [4.69, 9.17) is 9.29 Å². The number of rotatable bonds is 13. The van der Waals surface area contributed by atoms with Gasteiger partial charge in [0.15, 0.2) is 0 Å². The van der Waals surface area contributed by atoms with Gasteiger partial charge in [0, 0.05) is 6.42 Å². The number of carbonyl (C=O) groups excluding carboxylic acids is 1. The van der Waals surface area contributed by atoms with Gasteiger partial charge in [-0.1, -0.05) is 58.3 Å². The molecule has 0 saturated heterocycles. The van der Waals surface area contributed by atoms with E-state index in [1.54, 1.807) is 0 Å². The minimum atomic E-state index is -4.17. The lowest BCUT2D eigenvalue weighted by Gasteiger charge is -2.02. The summed E-state index contributed by atoms with van der Waals surface area (Å²) in [7, 11) is -4.17. The maximum absolute atomic E-state index is 11.0. The number of esters is 1. The minimum Gasteiger partial charge on any atom is -0.466 e. The fourth-order valence-corrected chi connectivity index (χ4v) is 2.26. The highest BCUT2D eigenvalue weighted by Gasteiger charge is 2.00. The summed E-state index contributed by atoms with van der Waals surface area (Å²) in [4.78, 5) is 11.0. The topological polar surface area (TPSA) is 89.9 Å². The molecule has 0 spiro atoms. The Morgan fingerprint density at radius 1 is 0.826 bits per heavy atom. The van der Waals surface area contributed by atoms with E-state index in [1.165, 1.54) is 58.3 Å². The first-order valence-corrected chi connectivity index (χ1v) is 10.0. The Morgan fingerprint density at radius 2 is 1.30 bits per heavy atom. The van der Waals surface area contributed by atoms with Crippen LogP contribution in [0.3, 0.4) is 0 Å². The fraction of sp³-hybridized carbons (Fsp3) is 0.938. The van der Waals surface area contributed by atoms with Crippen LogP contribution in [0.25, 0.3) is 0 Å². The van der Waals surface area contributed by atoms with Gasteiger partial charge in [0.1, 0.15) is 0 Å². The standard InChI is InChI=1S/C14H28O2.C2H6O4S/c1-3-5-6-7-8-9-10-11-12-13-14(15)16-4-2;1-2-6-7(3,4)5/h3-13H2,1-2H3;2H2,1H3,(H,3,4,5). The predicted molar refractivity (Wildman–Crippen MR) is 91.7 cm³/mol. The van der Waals surface area contributed by atoms with Gasteiger partial charge in [-0.3, -0.25) is 9.35 Å². The molecule has 0 fully saturated rings. The third kappa shape index (κ3) is 26.5. The number of ether oxygens (including phenoxy) is 1. The molecule has 0 aromatic carbocycles. The van der Waals surface area contributed by atoms with Crippen molar-refractivity contribution in [2.75, 3.05) is 13.2 Å². The summed E-state index contributed by atoms with van der Waals surface area (Å²) >= 11 is 0. The van der Waals surface area contributed by atoms with Crippen molar-refractivity contribution in [3.8, 4) is 0 Å². The minimum absolute atomic E-state index is 0.0289. The highest BCUT2D eigenvalue weighted by Crippen LogP contribution is 2.10. The lowest BCUT2D eigenvalue weighted by atomic mass is 10.1. The van der Waals surface area contributed by atoms with Crippen molar-refractivity contribution < 1.29 is 26.7 Å². The Kier molecular flexibility index (Phi) is 18.9. The van der Waals surface area contributed by atoms with Crippen molar-refractivity contribution in [2.24, 2.45) is 0 Å². The molecule has 0 rings (SSSR count). The molecule has 1 N–H and O–H groups in total. The second-order valence-electron chi connectivity index (χ2n) is 5.22. The monoisotopic (exact) mass is 354 g/mol. The molecule has 0 aromatic heterocycles. The highest BCUT2D eigenvalue weighted by atomic mass is 32.3. The first-order chi connectivity index (χ1) is 10.9. The molecular weight excluding hydrogens is 320 g/mol. The summed E-state index contributed by atoms with van der Waals surface area (Å²) in [6.45, 7) is 6.05. The van der Waals surface area contributed by atoms with Crippen molar-refractivity contribution >= 4 is 16.4 Å². The van der Waals surface area contributed by atoms with Gasteiger partial charge in [0.2, 0.25) is 0 Å². The summed E-state index contributed by atoms with van der Waals surface area (Å²) < 4.78 is 35.5. The molecule has 140 valence electrons. The van der Waals surface area contributed by atoms with Crippen LogP contribution in [0.4, 0.5) is 0 Å². The van der Waals surface area contributed by atoms with Crippen LogP contribution in [-0.2, 0) is 24.1 Å².